The van der Waals surface area contributed by atoms with Gasteiger partial charge in [-0.25, -0.2) is 4.98 Å². The summed E-state index contributed by atoms with van der Waals surface area (Å²) in [5.41, 5.74) is 5.46. The predicted molar refractivity (Wildman–Crippen MR) is 94.3 cm³/mol. The topological polar surface area (TPSA) is 97.1 Å². The van der Waals surface area contributed by atoms with E-state index in [1.165, 1.54) is 19.3 Å². The molecule has 2 amide bonds. The summed E-state index contributed by atoms with van der Waals surface area (Å²) < 4.78 is 0. The zero-order valence-corrected chi connectivity index (χ0v) is 14.2. The lowest BCUT2D eigenvalue weighted by Gasteiger charge is -2.25. The third-order valence-electron chi connectivity index (χ3n) is 4.52. The van der Waals surface area contributed by atoms with Crippen LogP contribution in [0.2, 0.25) is 0 Å². The zero-order valence-electron chi connectivity index (χ0n) is 14.2. The molecule has 2 rings (SSSR count). The Kier molecular flexibility index (Phi) is 7.52. The molecule has 0 bridgehead atoms. The van der Waals surface area contributed by atoms with Crippen LogP contribution in [0.5, 0.6) is 0 Å². The molecule has 0 aliphatic heterocycles. The van der Waals surface area contributed by atoms with Crippen LogP contribution in [0, 0.1) is 5.92 Å². The van der Waals surface area contributed by atoms with Gasteiger partial charge in [-0.15, -0.1) is 0 Å². The summed E-state index contributed by atoms with van der Waals surface area (Å²) in [6, 6.07) is 5.11. The van der Waals surface area contributed by atoms with Crippen LogP contribution in [0.4, 0.5) is 5.82 Å². The van der Waals surface area contributed by atoms with E-state index in [4.69, 9.17) is 5.73 Å². The van der Waals surface area contributed by atoms with Gasteiger partial charge in [-0.05, 0) is 30.9 Å². The first-order valence-corrected chi connectivity index (χ1v) is 8.88. The molecular formula is C18H28N4O2. The maximum Gasteiger partial charge on any atom is 0.240 e. The third kappa shape index (κ3) is 6.56. The molecular weight excluding hydrogens is 304 g/mol. The molecule has 132 valence electrons. The number of rotatable bonds is 9. The first-order chi connectivity index (χ1) is 11.6. The highest BCUT2D eigenvalue weighted by atomic mass is 16.2. The van der Waals surface area contributed by atoms with Crippen molar-refractivity contribution in [2.24, 2.45) is 11.7 Å². The Bertz CT molecular complexity index is 515. The number of carbonyl (C=O) groups is 2. The van der Waals surface area contributed by atoms with Gasteiger partial charge in [0.25, 0.3) is 0 Å². The van der Waals surface area contributed by atoms with Crippen molar-refractivity contribution in [1.29, 1.82) is 0 Å². The van der Waals surface area contributed by atoms with Crippen LogP contribution in [-0.4, -0.2) is 29.4 Å². The summed E-state index contributed by atoms with van der Waals surface area (Å²) in [5.74, 6) is 0.755. The second-order valence-electron chi connectivity index (χ2n) is 6.51. The van der Waals surface area contributed by atoms with Crippen molar-refractivity contribution in [2.45, 2.75) is 57.4 Å². The summed E-state index contributed by atoms with van der Waals surface area (Å²) in [5, 5.41) is 5.96. The second kappa shape index (κ2) is 9.90. The Morgan fingerprint density at radius 3 is 2.71 bits per heavy atom. The lowest BCUT2D eigenvalue weighted by Crippen LogP contribution is -2.45. The van der Waals surface area contributed by atoms with E-state index in [0.717, 1.165) is 18.7 Å². The number of carbonyl (C=O) groups excluding carboxylic acids is 2. The Hall–Kier alpha value is -2.11. The minimum absolute atomic E-state index is 0.113. The van der Waals surface area contributed by atoms with Gasteiger partial charge < -0.3 is 16.4 Å². The molecule has 1 fully saturated rings. The van der Waals surface area contributed by atoms with Crippen LogP contribution >= 0.6 is 0 Å². The third-order valence-corrected chi connectivity index (χ3v) is 4.52. The van der Waals surface area contributed by atoms with E-state index < -0.39 is 11.9 Å². The van der Waals surface area contributed by atoms with Crippen molar-refractivity contribution < 1.29 is 9.59 Å². The van der Waals surface area contributed by atoms with Gasteiger partial charge >= 0.3 is 0 Å². The molecule has 0 aromatic carbocycles. The molecule has 1 heterocycles. The monoisotopic (exact) mass is 332 g/mol. The molecule has 1 aliphatic rings. The fourth-order valence-electron chi connectivity index (χ4n) is 3.20. The van der Waals surface area contributed by atoms with E-state index in [-0.39, 0.29) is 5.91 Å². The molecule has 0 spiro atoms. The summed E-state index contributed by atoms with van der Waals surface area (Å²) in [7, 11) is 0. The van der Waals surface area contributed by atoms with Gasteiger partial charge in [-0.1, -0.05) is 38.2 Å². The Labute approximate surface area is 143 Å². The van der Waals surface area contributed by atoms with Crippen LogP contribution in [0.1, 0.15) is 51.4 Å². The lowest BCUT2D eigenvalue weighted by atomic mass is 9.84. The highest BCUT2D eigenvalue weighted by molar-refractivity contribution is 5.86. The van der Waals surface area contributed by atoms with Crippen LogP contribution in [0.15, 0.2) is 24.4 Å². The number of amides is 2. The smallest absolute Gasteiger partial charge is 0.240 e. The van der Waals surface area contributed by atoms with Gasteiger partial charge in [0.1, 0.15) is 11.9 Å². The number of anilines is 1. The molecule has 1 saturated carbocycles. The molecule has 0 radical (unpaired) electrons. The average molecular weight is 332 g/mol. The van der Waals surface area contributed by atoms with Crippen molar-refractivity contribution in [3.8, 4) is 0 Å². The van der Waals surface area contributed by atoms with E-state index in [2.05, 4.69) is 15.6 Å². The molecule has 24 heavy (non-hydrogen) atoms. The zero-order chi connectivity index (χ0) is 17.2. The molecule has 0 saturated heterocycles. The van der Waals surface area contributed by atoms with Crippen molar-refractivity contribution in [2.75, 3.05) is 11.9 Å². The molecule has 1 aromatic rings. The molecule has 6 heteroatoms. The highest BCUT2D eigenvalue weighted by Gasteiger charge is 2.23. The molecule has 1 aliphatic carbocycles. The fraction of sp³-hybridized carbons (Fsp3) is 0.611. The maximum absolute atomic E-state index is 12.0. The maximum atomic E-state index is 12.0. The minimum Gasteiger partial charge on any atom is -0.370 e. The predicted octanol–water partition coefficient (Wildman–Crippen LogP) is 2.21. The van der Waals surface area contributed by atoms with Crippen LogP contribution in [0.25, 0.3) is 0 Å². The molecule has 0 unspecified atom stereocenters. The number of nitrogens with one attached hydrogen (secondary N) is 2. The number of pyridine rings is 1. The first kappa shape index (κ1) is 18.2. The fourth-order valence-corrected chi connectivity index (χ4v) is 3.20. The highest BCUT2D eigenvalue weighted by Crippen LogP contribution is 2.27. The van der Waals surface area contributed by atoms with Gasteiger partial charge in [-0.3, -0.25) is 9.59 Å². The van der Waals surface area contributed by atoms with Gasteiger partial charge in [0, 0.05) is 19.2 Å². The van der Waals surface area contributed by atoms with Crippen molar-refractivity contribution in [3.63, 3.8) is 0 Å². The standard InChI is InChI=1S/C18H28N4O2/c19-18(24)15(13-14-7-2-1-3-8-14)22-17(23)10-6-12-21-16-9-4-5-11-20-16/h4-5,9,11,14-15H,1-3,6-8,10,12-13H2,(H2,19,24)(H,20,21)(H,22,23)/t15-/m0/s1. The molecule has 4 N–H and O–H groups in total. The number of nitrogens with zero attached hydrogens (tertiary/aromatic N) is 1. The molecule has 1 atom stereocenters. The van der Waals surface area contributed by atoms with Crippen molar-refractivity contribution >= 4 is 17.6 Å². The Balaban J connectivity index is 1.67. The van der Waals surface area contributed by atoms with Gasteiger partial charge in [-0.2, -0.15) is 0 Å². The lowest BCUT2D eigenvalue weighted by molar-refractivity contribution is -0.127. The molecule has 6 nitrogen and oxygen atoms in total. The van der Waals surface area contributed by atoms with E-state index in [1.807, 2.05) is 18.2 Å². The number of nitrogens with two attached hydrogens (primary N) is 1. The first-order valence-electron chi connectivity index (χ1n) is 8.88. The molecule has 1 aromatic heterocycles. The van der Waals surface area contributed by atoms with Gasteiger partial charge in [0.05, 0.1) is 0 Å². The Morgan fingerprint density at radius 2 is 2.04 bits per heavy atom. The van der Waals surface area contributed by atoms with E-state index >= 15 is 0 Å². The minimum atomic E-state index is -0.538. The largest absolute Gasteiger partial charge is 0.370 e. The number of aromatic nitrogens is 1. The normalized spacial score (nSPS) is 16.3. The average Bonchev–Trinajstić information content (AvgIpc) is 2.60. The summed E-state index contributed by atoms with van der Waals surface area (Å²) in [6.07, 6.45) is 9.40. The summed E-state index contributed by atoms with van der Waals surface area (Å²) in [6.45, 7) is 0.661. The SMILES string of the molecule is NC(=O)[C@H](CC1CCCCC1)NC(=O)CCCNc1ccccn1. The number of primary amides is 1. The number of hydrogen-bond acceptors (Lipinski definition) is 4. The van der Waals surface area contributed by atoms with E-state index in [9.17, 15) is 9.59 Å². The van der Waals surface area contributed by atoms with Crippen molar-refractivity contribution in [3.05, 3.63) is 24.4 Å². The van der Waals surface area contributed by atoms with E-state index in [1.54, 1.807) is 6.20 Å². The van der Waals surface area contributed by atoms with E-state index in [0.29, 0.717) is 31.7 Å². The Morgan fingerprint density at radius 1 is 1.25 bits per heavy atom. The van der Waals surface area contributed by atoms with Crippen LogP contribution in [-0.2, 0) is 9.59 Å². The van der Waals surface area contributed by atoms with Crippen molar-refractivity contribution in [1.82, 2.24) is 10.3 Å². The number of hydrogen-bond donors (Lipinski definition) is 3. The van der Waals surface area contributed by atoms with Gasteiger partial charge in [0.15, 0.2) is 0 Å². The van der Waals surface area contributed by atoms with Crippen LogP contribution in [0.3, 0.4) is 0 Å². The van der Waals surface area contributed by atoms with Gasteiger partial charge in [0.2, 0.25) is 11.8 Å². The second-order valence-corrected chi connectivity index (χ2v) is 6.51. The summed E-state index contributed by atoms with van der Waals surface area (Å²) in [4.78, 5) is 27.8. The van der Waals surface area contributed by atoms with Crippen LogP contribution < -0.4 is 16.4 Å². The quantitative estimate of drug-likeness (QED) is 0.604. The summed E-state index contributed by atoms with van der Waals surface area (Å²) >= 11 is 0.